The number of methoxy groups -OCH3 is 1. The van der Waals surface area contributed by atoms with Crippen LogP contribution in [0.1, 0.15) is 20.0 Å². The van der Waals surface area contributed by atoms with E-state index in [2.05, 4.69) is 48.6 Å². The van der Waals surface area contributed by atoms with Crippen molar-refractivity contribution < 1.29 is 14.3 Å². The van der Waals surface area contributed by atoms with Crippen LogP contribution < -0.4 is 5.32 Å². The van der Waals surface area contributed by atoms with Gasteiger partial charge in [-0.15, -0.1) is 11.3 Å². The lowest BCUT2D eigenvalue weighted by molar-refractivity contribution is 0.0607. The Morgan fingerprint density at radius 3 is 2.80 bits per heavy atom. The topological polar surface area (TPSA) is 55.4 Å². The highest BCUT2D eigenvalue weighted by Crippen LogP contribution is 2.25. The molecule has 4 nitrogen and oxygen atoms in total. The maximum Gasteiger partial charge on any atom is 0.350 e. The van der Waals surface area contributed by atoms with E-state index in [1.54, 1.807) is 17.5 Å². The number of esters is 1. The standard InChI is InChI=1S/C13H9BrINO3S/c1-19-13(18)11-10(4-5-20-11)16-12(17)8-6-7(15)2-3-9(8)14/h2-6H,1H3,(H,16,17). The Morgan fingerprint density at radius 1 is 1.35 bits per heavy atom. The Bertz CT molecular complexity index is 671. The normalized spacial score (nSPS) is 10.2. The fraction of sp³-hybridized carbons (Fsp3) is 0.0769. The van der Waals surface area contributed by atoms with Crippen molar-refractivity contribution in [2.75, 3.05) is 12.4 Å². The molecule has 0 fully saturated rings. The van der Waals surface area contributed by atoms with Crippen LogP contribution in [0.3, 0.4) is 0 Å². The minimum Gasteiger partial charge on any atom is -0.465 e. The molecule has 7 heteroatoms. The fourth-order valence-corrected chi connectivity index (χ4v) is 3.20. The summed E-state index contributed by atoms with van der Waals surface area (Å²) in [5.41, 5.74) is 0.969. The number of thiophene rings is 1. The van der Waals surface area contributed by atoms with Gasteiger partial charge in [-0.25, -0.2) is 4.79 Å². The summed E-state index contributed by atoms with van der Waals surface area (Å²) in [6, 6.07) is 7.15. The molecule has 1 aromatic heterocycles. The summed E-state index contributed by atoms with van der Waals surface area (Å²) in [7, 11) is 1.31. The summed E-state index contributed by atoms with van der Waals surface area (Å²) in [4.78, 5) is 24.2. The summed E-state index contributed by atoms with van der Waals surface area (Å²) < 4.78 is 6.33. The van der Waals surface area contributed by atoms with E-state index in [1.165, 1.54) is 18.4 Å². The van der Waals surface area contributed by atoms with E-state index in [0.717, 1.165) is 3.57 Å². The number of ether oxygens (including phenoxy) is 1. The van der Waals surface area contributed by atoms with Crippen LogP contribution in [-0.2, 0) is 4.74 Å². The van der Waals surface area contributed by atoms with Gasteiger partial charge in [0.15, 0.2) is 0 Å². The molecule has 0 saturated carbocycles. The molecule has 104 valence electrons. The van der Waals surface area contributed by atoms with E-state index >= 15 is 0 Å². The molecule has 1 heterocycles. The monoisotopic (exact) mass is 465 g/mol. The predicted octanol–water partition coefficient (Wildman–Crippen LogP) is 4.15. The van der Waals surface area contributed by atoms with Crippen LogP contribution in [0.25, 0.3) is 0 Å². The second kappa shape index (κ2) is 6.68. The highest BCUT2D eigenvalue weighted by molar-refractivity contribution is 14.1. The first kappa shape index (κ1) is 15.5. The van der Waals surface area contributed by atoms with Crippen LogP contribution >= 0.6 is 49.9 Å². The van der Waals surface area contributed by atoms with E-state index in [0.29, 0.717) is 20.6 Å². The fourth-order valence-electron chi connectivity index (χ4n) is 1.52. The molecule has 1 aromatic carbocycles. The van der Waals surface area contributed by atoms with E-state index in [4.69, 9.17) is 0 Å². The molecule has 0 saturated heterocycles. The van der Waals surface area contributed by atoms with Crippen molar-refractivity contribution in [1.82, 2.24) is 0 Å². The Morgan fingerprint density at radius 2 is 2.10 bits per heavy atom. The molecule has 0 radical (unpaired) electrons. The van der Waals surface area contributed by atoms with Crippen molar-refractivity contribution in [3.8, 4) is 0 Å². The first-order valence-electron chi connectivity index (χ1n) is 5.45. The van der Waals surface area contributed by atoms with Gasteiger partial charge in [0.1, 0.15) is 4.88 Å². The highest BCUT2D eigenvalue weighted by atomic mass is 127. The number of rotatable bonds is 3. The third-order valence-corrected chi connectivity index (χ3v) is 4.71. The molecule has 1 N–H and O–H groups in total. The summed E-state index contributed by atoms with van der Waals surface area (Å²) in [5.74, 6) is -0.740. The molecule has 0 aliphatic carbocycles. The molecule has 20 heavy (non-hydrogen) atoms. The maximum absolute atomic E-state index is 12.3. The Kier molecular flexibility index (Phi) is 5.17. The summed E-state index contributed by atoms with van der Waals surface area (Å²) in [5, 5.41) is 4.46. The molecule has 0 aliphatic rings. The minimum atomic E-state index is -0.461. The molecule has 2 rings (SSSR count). The van der Waals surface area contributed by atoms with Crippen molar-refractivity contribution in [1.29, 1.82) is 0 Å². The lowest BCUT2D eigenvalue weighted by Gasteiger charge is -2.07. The van der Waals surface area contributed by atoms with Crippen LogP contribution in [0.2, 0.25) is 0 Å². The number of amides is 1. The van der Waals surface area contributed by atoms with Gasteiger partial charge < -0.3 is 10.1 Å². The number of benzene rings is 1. The van der Waals surface area contributed by atoms with Gasteiger partial charge in [0.2, 0.25) is 0 Å². The number of halogens is 2. The largest absolute Gasteiger partial charge is 0.465 e. The van der Waals surface area contributed by atoms with E-state index in [1.807, 2.05) is 12.1 Å². The lowest BCUT2D eigenvalue weighted by atomic mass is 10.2. The Balaban J connectivity index is 2.26. The quantitative estimate of drug-likeness (QED) is 0.547. The van der Waals surface area contributed by atoms with Gasteiger partial charge in [-0.3, -0.25) is 4.79 Å². The van der Waals surface area contributed by atoms with Crippen molar-refractivity contribution in [2.45, 2.75) is 0 Å². The molecule has 0 unspecified atom stereocenters. The predicted molar refractivity (Wildman–Crippen MR) is 90.5 cm³/mol. The van der Waals surface area contributed by atoms with Crippen LogP contribution in [0.4, 0.5) is 5.69 Å². The zero-order valence-corrected chi connectivity index (χ0v) is 14.8. The number of nitrogens with one attached hydrogen (secondary N) is 1. The smallest absolute Gasteiger partial charge is 0.350 e. The van der Waals surface area contributed by atoms with Crippen LogP contribution in [-0.4, -0.2) is 19.0 Å². The van der Waals surface area contributed by atoms with E-state index in [-0.39, 0.29) is 5.91 Å². The minimum absolute atomic E-state index is 0.279. The second-order valence-electron chi connectivity index (χ2n) is 3.73. The van der Waals surface area contributed by atoms with Gasteiger partial charge in [-0.05, 0) is 68.2 Å². The van der Waals surface area contributed by atoms with Crippen molar-refractivity contribution in [2.24, 2.45) is 0 Å². The van der Waals surface area contributed by atoms with Gasteiger partial charge in [-0.1, -0.05) is 0 Å². The average Bonchev–Trinajstić information content (AvgIpc) is 2.88. The van der Waals surface area contributed by atoms with Crippen molar-refractivity contribution >= 4 is 67.4 Å². The van der Waals surface area contributed by atoms with Crippen molar-refractivity contribution in [3.05, 3.63) is 48.1 Å². The summed E-state index contributed by atoms with van der Waals surface area (Å²) in [6.07, 6.45) is 0. The third-order valence-electron chi connectivity index (χ3n) is 2.46. The lowest BCUT2D eigenvalue weighted by Crippen LogP contribution is -2.14. The number of carbonyl (C=O) groups excluding carboxylic acids is 2. The van der Waals surface area contributed by atoms with Gasteiger partial charge in [0, 0.05) is 8.04 Å². The van der Waals surface area contributed by atoms with Crippen LogP contribution in [0, 0.1) is 3.57 Å². The molecular weight excluding hydrogens is 457 g/mol. The SMILES string of the molecule is COC(=O)c1sccc1NC(=O)c1cc(I)ccc1Br. The molecule has 0 bridgehead atoms. The second-order valence-corrected chi connectivity index (χ2v) is 6.75. The molecule has 1 amide bonds. The average molecular weight is 466 g/mol. The number of hydrogen-bond donors (Lipinski definition) is 1. The first-order chi connectivity index (χ1) is 9.52. The number of carbonyl (C=O) groups is 2. The molecule has 0 spiro atoms. The molecule has 2 aromatic rings. The zero-order chi connectivity index (χ0) is 14.7. The van der Waals surface area contributed by atoms with Gasteiger partial charge >= 0.3 is 5.97 Å². The van der Waals surface area contributed by atoms with Gasteiger partial charge in [-0.2, -0.15) is 0 Å². The highest BCUT2D eigenvalue weighted by Gasteiger charge is 2.17. The third kappa shape index (κ3) is 3.39. The van der Waals surface area contributed by atoms with E-state index < -0.39 is 5.97 Å². The van der Waals surface area contributed by atoms with Crippen molar-refractivity contribution in [3.63, 3.8) is 0 Å². The van der Waals surface area contributed by atoms with Gasteiger partial charge in [0.25, 0.3) is 5.91 Å². The summed E-state index contributed by atoms with van der Waals surface area (Å²) >= 11 is 6.70. The zero-order valence-electron chi connectivity index (χ0n) is 10.3. The van der Waals surface area contributed by atoms with Crippen LogP contribution in [0.15, 0.2) is 34.1 Å². The van der Waals surface area contributed by atoms with Gasteiger partial charge in [0.05, 0.1) is 18.4 Å². The summed E-state index contributed by atoms with van der Waals surface area (Å²) in [6.45, 7) is 0. The molecule has 0 atom stereocenters. The molecule has 0 aliphatic heterocycles. The first-order valence-corrected chi connectivity index (χ1v) is 8.20. The Hall–Kier alpha value is -0.930. The number of anilines is 1. The van der Waals surface area contributed by atoms with Crippen LogP contribution in [0.5, 0.6) is 0 Å². The molecular formula is C13H9BrINO3S. The van der Waals surface area contributed by atoms with E-state index in [9.17, 15) is 9.59 Å². The Labute approximate surface area is 141 Å². The maximum atomic E-state index is 12.3. The number of hydrogen-bond acceptors (Lipinski definition) is 4.